The van der Waals surface area contributed by atoms with E-state index in [-0.39, 0.29) is 0 Å². The summed E-state index contributed by atoms with van der Waals surface area (Å²) in [5.74, 6) is 0. The number of benzene rings is 1. The SMILES string of the molecule is N#Cc1cccc(CNCc2ccc(Br)cn2)c1. The Balaban J connectivity index is 1.88. The molecule has 3 nitrogen and oxygen atoms in total. The molecular formula is C14H12BrN3. The summed E-state index contributed by atoms with van der Waals surface area (Å²) in [6.45, 7) is 1.44. The number of aromatic nitrogens is 1. The Labute approximate surface area is 115 Å². The summed E-state index contributed by atoms with van der Waals surface area (Å²) in [5, 5.41) is 12.1. The Morgan fingerprint density at radius 3 is 2.83 bits per heavy atom. The molecule has 2 rings (SSSR count). The fourth-order valence-electron chi connectivity index (χ4n) is 1.60. The Morgan fingerprint density at radius 2 is 2.11 bits per heavy atom. The average molecular weight is 302 g/mol. The minimum Gasteiger partial charge on any atom is -0.307 e. The molecule has 0 saturated heterocycles. The first-order valence-electron chi connectivity index (χ1n) is 5.58. The summed E-state index contributed by atoms with van der Waals surface area (Å²) in [7, 11) is 0. The molecule has 4 heteroatoms. The van der Waals surface area contributed by atoms with Crippen molar-refractivity contribution < 1.29 is 0 Å². The van der Waals surface area contributed by atoms with Gasteiger partial charge < -0.3 is 5.32 Å². The van der Waals surface area contributed by atoms with E-state index in [0.29, 0.717) is 12.1 Å². The summed E-state index contributed by atoms with van der Waals surface area (Å²) in [5.41, 5.74) is 2.79. The van der Waals surface area contributed by atoms with Crippen LogP contribution in [-0.2, 0) is 13.1 Å². The van der Waals surface area contributed by atoms with Crippen molar-refractivity contribution in [2.45, 2.75) is 13.1 Å². The maximum absolute atomic E-state index is 8.81. The van der Waals surface area contributed by atoms with Gasteiger partial charge in [-0.25, -0.2) is 0 Å². The van der Waals surface area contributed by atoms with Crippen molar-refractivity contribution in [2.75, 3.05) is 0 Å². The summed E-state index contributed by atoms with van der Waals surface area (Å²) in [4.78, 5) is 4.28. The first kappa shape index (κ1) is 12.7. The van der Waals surface area contributed by atoms with Crippen LogP contribution in [0.15, 0.2) is 47.1 Å². The molecule has 0 aliphatic rings. The van der Waals surface area contributed by atoms with E-state index in [2.05, 4.69) is 32.3 Å². The zero-order valence-corrected chi connectivity index (χ0v) is 11.3. The predicted molar refractivity (Wildman–Crippen MR) is 73.6 cm³/mol. The fraction of sp³-hybridized carbons (Fsp3) is 0.143. The lowest BCUT2D eigenvalue weighted by Gasteiger charge is -2.05. The Kier molecular flexibility index (Phi) is 4.46. The number of nitrogens with one attached hydrogen (secondary N) is 1. The molecule has 0 bridgehead atoms. The van der Waals surface area contributed by atoms with Crippen LogP contribution in [0.25, 0.3) is 0 Å². The van der Waals surface area contributed by atoms with E-state index in [4.69, 9.17) is 5.26 Å². The second-order valence-electron chi connectivity index (χ2n) is 3.88. The lowest BCUT2D eigenvalue weighted by Crippen LogP contribution is -2.13. The van der Waals surface area contributed by atoms with Gasteiger partial charge in [0.25, 0.3) is 0 Å². The highest BCUT2D eigenvalue weighted by Crippen LogP contribution is 2.08. The quantitative estimate of drug-likeness (QED) is 0.944. The van der Waals surface area contributed by atoms with Crippen LogP contribution in [0, 0.1) is 11.3 Å². The van der Waals surface area contributed by atoms with Crippen molar-refractivity contribution in [1.82, 2.24) is 10.3 Å². The van der Waals surface area contributed by atoms with Gasteiger partial charge in [-0.05, 0) is 45.8 Å². The summed E-state index contributed by atoms with van der Waals surface area (Å²) in [6, 6.07) is 13.7. The first-order valence-corrected chi connectivity index (χ1v) is 6.37. The van der Waals surface area contributed by atoms with Crippen LogP contribution in [-0.4, -0.2) is 4.98 Å². The molecule has 0 spiro atoms. The van der Waals surface area contributed by atoms with E-state index < -0.39 is 0 Å². The molecule has 0 saturated carbocycles. The summed E-state index contributed by atoms with van der Waals surface area (Å²) in [6.07, 6.45) is 1.79. The van der Waals surface area contributed by atoms with Gasteiger partial charge in [0.1, 0.15) is 0 Å². The highest BCUT2D eigenvalue weighted by Gasteiger charge is 1.97. The monoisotopic (exact) mass is 301 g/mol. The molecule has 90 valence electrons. The van der Waals surface area contributed by atoms with Gasteiger partial charge in [0.2, 0.25) is 0 Å². The van der Waals surface area contributed by atoms with E-state index in [9.17, 15) is 0 Å². The van der Waals surface area contributed by atoms with Gasteiger partial charge in [-0.1, -0.05) is 12.1 Å². The molecule has 0 radical (unpaired) electrons. The van der Waals surface area contributed by atoms with Gasteiger partial charge in [0, 0.05) is 23.8 Å². The zero-order chi connectivity index (χ0) is 12.8. The van der Waals surface area contributed by atoms with E-state index in [0.717, 1.165) is 22.3 Å². The van der Waals surface area contributed by atoms with Crippen molar-refractivity contribution in [2.24, 2.45) is 0 Å². The Bertz CT molecular complexity index is 558. The second-order valence-corrected chi connectivity index (χ2v) is 4.80. The maximum Gasteiger partial charge on any atom is 0.0991 e. The molecule has 1 heterocycles. The minimum absolute atomic E-state index is 0.691. The third-order valence-corrected chi connectivity index (χ3v) is 2.95. The minimum atomic E-state index is 0.691. The van der Waals surface area contributed by atoms with Crippen molar-refractivity contribution in [3.8, 4) is 6.07 Å². The van der Waals surface area contributed by atoms with Crippen molar-refractivity contribution >= 4 is 15.9 Å². The molecule has 2 aromatic rings. The Morgan fingerprint density at radius 1 is 1.22 bits per heavy atom. The lowest BCUT2D eigenvalue weighted by atomic mass is 10.1. The van der Waals surface area contributed by atoms with E-state index in [1.807, 2.05) is 30.3 Å². The smallest absolute Gasteiger partial charge is 0.0991 e. The molecule has 0 amide bonds. The highest BCUT2D eigenvalue weighted by molar-refractivity contribution is 9.10. The number of pyridine rings is 1. The van der Waals surface area contributed by atoms with Gasteiger partial charge in [-0.2, -0.15) is 5.26 Å². The van der Waals surface area contributed by atoms with Crippen LogP contribution in [0.4, 0.5) is 0 Å². The van der Waals surface area contributed by atoms with E-state index in [1.54, 1.807) is 12.3 Å². The Hall–Kier alpha value is -1.70. The van der Waals surface area contributed by atoms with Gasteiger partial charge in [0.05, 0.1) is 17.3 Å². The number of hydrogen-bond donors (Lipinski definition) is 1. The predicted octanol–water partition coefficient (Wildman–Crippen LogP) is 3.01. The van der Waals surface area contributed by atoms with Crippen molar-refractivity contribution in [1.29, 1.82) is 5.26 Å². The highest BCUT2D eigenvalue weighted by atomic mass is 79.9. The number of halogens is 1. The molecular weight excluding hydrogens is 290 g/mol. The molecule has 0 aliphatic heterocycles. The van der Waals surface area contributed by atoms with E-state index >= 15 is 0 Å². The third-order valence-electron chi connectivity index (χ3n) is 2.48. The molecule has 0 aliphatic carbocycles. The normalized spacial score (nSPS) is 10.0. The average Bonchev–Trinajstić information content (AvgIpc) is 2.41. The largest absolute Gasteiger partial charge is 0.307 e. The van der Waals surface area contributed by atoms with Gasteiger partial charge >= 0.3 is 0 Å². The fourth-order valence-corrected chi connectivity index (χ4v) is 1.83. The zero-order valence-electron chi connectivity index (χ0n) is 9.73. The standard InChI is InChI=1S/C14H12BrN3/c15-13-4-5-14(18-9-13)10-17-8-12-3-1-2-11(6-12)7-16/h1-6,9,17H,8,10H2. The number of rotatable bonds is 4. The van der Waals surface area contributed by atoms with Gasteiger partial charge in [0.15, 0.2) is 0 Å². The molecule has 1 aromatic heterocycles. The molecule has 18 heavy (non-hydrogen) atoms. The van der Waals surface area contributed by atoms with Crippen LogP contribution < -0.4 is 5.32 Å². The van der Waals surface area contributed by atoms with Crippen LogP contribution >= 0.6 is 15.9 Å². The number of nitrogens with zero attached hydrogens (tertiary/aromatic N) is 2. The van der Waals surface area contributed by atoms with Crippen molar-refractivity contribution in [3.63, 3.8) is 0 Å². The molecule has 0 fully saturated rings. The molecule has 1 aromatic carbocycles. The summed E-state index contributed by atoms with van der Waals surface area (Å²) >= 11 is 3.35. The molecule has 1 N–H and O–H groups in total. The van der Waals surface area contributed by atoms with Crippen LogP contribution in [0.1, 0.15) is 16.8 Å². The van der Waals surface area contributed by atoms with Crippen LogP contribution in [0.2, 0.25) is 0 Å². The maximum atomic E-state index is 8.81. The van der Waals surface area contributed by atoms with Crippen molar-refractivity contribution in [3.05, 3.63) is 63.9 Å². The molecule has 0 atom stereocenters. The first-order chi connectivity index (χ1) is 8.78. The van der Waals surface area contributed by atoms with Crippen LogP contribution in [0.5, 0.6) is 0 Å². The van der Waals surface area contributed by atoms with Gasteiger partial charge in [-0.3, -0.25) is 4.98 Å². The number of nitriles is 1. The van der Waals surface area contributed by atoms with Gasteiger partial charge in [-0.15, -0.1) is 0 Å². The second kappa shape index (κ2) is 6.29. The van der Waals surface area contributed by atoms with E-state index in [1.165, 1.54) is 0 Å². The third kappa shape index (κ3) is 3.66. The summed E-state index contributed by atoms with van der Waals surface area (Å²) < 4.78 is 0.980. The molecule has 0 unspecified atom stereocenters. The lowest BCUT2D eigenvalue weighted by molar-refractivity contribution is 0.679. The topological polar surface area (TPSA) is 48.7 Å². The van der Waals surface area contributed by atoms with Crippen LogP contribution in [0.3, 0.4) is 0 Å². The number of hydrogen-bond acceptors (Lipinski definition) is 3.